The highest BCUT2D eigenvalue weighted by molar-refractivity contribution is 6.20. The second-order valence-corrected chi connectivity index (χ2v) is 5.43. The molecule has 1 heterocycles. The molecule has 6 nitrogen and oxygen atoms in total. The number of halogens is 1. The summed E-state index contributed by atoms with van der Waals surface area (Å²) in [7, 11) is 0. The van der Waals surface area contributed by atoms with Crippen LogP contribution in [0.4, 0.5) is 5.69 Å². The van der Waals surface area contributed by atoms with Gasteiger partial charge < -0.3 is 5.32 Å². The number of rotatable bonds is 4. The molecule has 0 atom stereocenters. The lowest BCUT2D eigenvalue weighted by Crippen LogP contribution is -2.32. The summed E-state index contributed by atoms with van der Waals surface area (Å²) in [5.41, 5.74) is 0.844. The molecule has 2 rings (SSSR count). The van der Waals surface area contributed by atoms with Gasteiger partial charge in [0.05, 0.1) is 11.1 Å². The summed E-state index contributed by atoms with van der Waals surface area (Å²) in [6.07, 6.45) is 0. The summed E-state index contributed by atoms with van der Waals surface area (Å²) in [6, 6.07) is 7.32. The van der Waals surface area contributed by atoms with Crippen LogP contribution in [-0.4, -0.2) is 32.0 Å². The molecule has 0 fully saturated rings. The third-order valence-electron chi connectivity index (χ3n) is 2.92. The Morgan fingerprint density at radius 2 is 2.20 bits per heavy atom. The van der Waals surface area contributed by atoms with Crippen LogP contribution in [0.2, 0.25) is 0 Å². The summed E-state index contributed by atoms with van der Waals surface area (Å²) in [4.78, 5) is 12.1. The van der Waals surface area contributed by atoms with Gasteiger partial charge in [0.15, 0.2) is 5.82 Å². The molecule has 1 aromatic heterocycles. The molecule has 0 saturated heterocycles. The van der Waals surface area contributed by atoms with E-state index in [-0.39, 0.29) is 11.8 Å². The van der Waals surface area contributed by atoms with Crippen LogP contribution in [0.25, 0.3) is 5.69 Å². The quantitative estimate of drug-likeness (QED) is 0.877. The highest BCUT2D eigenvalue weighted by Gasteiger charge is 2.26. The van der Waals surface area contributed by atoms with Crippen molar-refractivity contribution in [3.05, 3.63) is 30.1 Å². The fourth-order valence-corrected chi connectivity index (χ4v) is 1.67. The van der Waals surface area contributed by atoms with Crippen molar-refractivity contribution in [3.8, 4) is 5.69 Å². The van der Waals surface area contributed by atoms with Gasteiger partial charge in [0, 0.05) is 11.6 Å². The van der Waals surface area contributed by atoms with E-state index in [0.717, 1.165) is 5.69 Å². The molecule has 0 bridgehead atoms. The third kappa shape index (κ3) is 2.96. The van der Waals surface area contributed by atoms with Gasteiger partial charge >= 0.3 is 0 Å². The summed E-state index contributed by atoms with van der Waals surface area (Å²) >= 11 is 5.80. The van der Waals surface area contributed by atoms with Gasteiger partial charge in [0.1, 0.15) is 0 Å². The first kappa shape index (κ1) is 14.5. The maximum Gasteiger partial charge on any atom is 0.231 e. The van der Waals surface area contributed by atoms with E-state index in [1.807, 2.05) is 31.2 Å². The van der Waals surface area contributed by atoms with Crippen molar-refractivity contribution in [1.29, 1.82) is 0 Å². The lowest BCUT2D eigenvalue weighted by Gasteiger charge is -2.20. The molecule has 0 aliphatic rings. The van der Waals surface area contributed by atoms with E-state index < -0.39 is 5.41 Å². The largest absolute Gasteiger partial charge is 0.326 e. The van der Waals surface area contributed by atoms with Gasteiger partial charge in [-0.3, -0.25) is 4.79 Å². The first-order valence-corrected chi connectivity index (χ1v) is 6.70. The Labute approximate surface area is 122 Å². The number of aryl methyl sites for hydroxylation is 1. The van der Waals surface area contributed by atoms with Crippen LogP contribution >= 0.6 is 11.6 Å². The Bertz CT molecular complexity index is 623. The van der Waals surface area contributed by atoms with Gasteiger partial charge in [-0.1, -0.05) is 6.07 Å². The van der Waals surface area contributed by atoms with Crippen LogP contribution in [0.1, 0.15) is 19.7 Å². The van der Waals surface area contributed by atoms with Crippen LogP contribution in [0.5, 0.6) is 0 Å². The van der Waals surface area contributed by atoms with Crippen molar-refractivity contribution in [3.63, 3.8) is 0 Å². The fraction of sp³-hybridized carbons (Fsp3) is 0.385. The fourth-order valence-electron chi connectivity index (χ4n) is 1.55. The number of aromatic nitrogens is 4. The van der Waals surface area contributed by atoms with Crippen LogP contribution in [0.3, 0.4) is 0 Å². The molecule has 2 aromatic rings. The van der Waals surface area contributed by atoms with Crippen molar-refractivity contribution in [2.24, 2.45) is 5.41 Å². The molecule has 1 amide bonds. The number of hydrogen-bond acceptors (Lipinski definition) is 4. The van der Waals surface area contributed by atoms with Crippen LogP contribution < -0.4 is 5.32 Å². The molecule has 106 valence electrons. The zero-order chi connectivity index (χ0) is 14.8. The zero-order valence-corrected chi connectivity index (χ0v) is 12.3. The van der Waals surface area contributed by atoms with E-state index in [2.05, 4.69) is 20.8 Å². The monoisotopic (exact) mass is 293 g/mol. The van der Waals surface area contributed by atoms with Crippen LogP contribution in [0, 0.1) is 12.3 Å². The molecular formula is C13H16ClN5O. The van der Waals surface area contributed by atoms with E-state index in [4.69, 9.17) is 11.6 Å². The minimum atomic E-state index is -0.623. The molecule has 0 saturated carbocycles. The van der Waals surface area contributed by atoms with E-state index in [0.29, 0.717) is 11.5 Å². The van der Waals surface area contributed by atoms with Crippen molar-refractivity contribution in [2.45, 2.75) is 20.8 Å². The first-order valence-electron chi connectivity index (χ1n) is 6.17. The molecule has 0 unspecified atom stereocenters. The van der Waals surface area contributed by atoms with Gasteiger partial charge in [0.25, 0.3) is 0 Å². The maximum absolute atomic E-state index is 12.1. The molecule has 20 heavy (non-hydrogen) atoms. The molecule has 1 aromatic carbocycles. The first-order chi connectivity index (χ1) is 9.44. The van der Waals surface area contributed by atoms with E-state index >= 15 is 0 Å². The highest BCUT2D eigenvalue weighted by Crippen LogP contribution is 2.21. The Morgan fingerprint density at radius 3 is 2.80 bits per heavy atom. The SMILES string of the molecule is Cc1nnnn1-c1cccc(NC(=O)C(C)(C)CCl)c1. The lowest BCUT2D eigenvalue weighted by molar-refractivity contribution is -0.122. The predicted octanol–water partition coefficient (Wildman–Crippen LogP) is 2.17. The molecule has 1 N–H and O–H groups in total. The molecule has 0 spiro atoms. The minimum Gasteiger partial charge on any atom is -0.326 e. The maximum atomic E-state index is 12.1. The van der Waals surface area contributed by atoms with Crippen molar-refractivity contribution in [2.75, 3.05) is 11.2 Å². The number of tetrazole rings is 1. The average Bonchev–Trinajstić information content (AvgIpc) is 2.85. The van der Waals surface area contributed by atoms with Gasteiger partial charge in [-0.25, -0.2) is 0 Å². The Morgan fingerprint density at radius 1 is 1.45 bits per heavy atom. The zero-order valence-electron chi connectivity index (χ0n) is 11.6. The van der Waals surface area contributed by atoms with Gasteiger partial charge in [0.2, 0.25) is 5.91 Å². The Kier molecular flexibility index (Phi) is 4.04. The van der Waals surface area contributed by atoms with Crippen molar-refractivity contribution < 1.29 is 4.79 Å². The summed E-state index contributed by atoms with van der Waals surface area (Å²) in [5.74, 6) is 0.803. The number of alkyl halides is 1. The summed E-state index contributed by atoms with van der Waals surface area (Å²) < 4.78 is 1.60. The molecule has 7 heteroatoms. The van der Waals surface area contributed by atoms with Crippen LogP contribution in [0.15, 0.2) is 24.3 Å². The number of anilines is 1. The second kappa shape index (κ2) is 5.58. The normalized spacial score (nSPS) is 11.4. The lowest BCUT2D eigenvalue weighted by atomic mass is 9.95. The summed E-state index contributed by atoms with van der Waals surface area (Å²) in [5, 5.41) is 14.2. The number of benzene rings is 1. The van der Waals surface area contributed by atoms with Gasteiger partial charge in [-0.05, 0) is 49.4 Å². The molecular weight excluding hydrogens is 278 g/mol. The standard InChI is InChI=1S/C13H16ClN5O/c1-9-16-17-18-19(9)11-6-4-5-10(7-11)15-12(20)13(2,3)8-14/h4-7H,8H2,1-3H3,(H,15,20). The Balaban J connectivity index is 2.23. The Hall–Kier alpha value is -1.95. The third-order valence-corrected chi connectivity index (χ3v) is 3.59. The number of carbonyl (C=O) groups is 1. The molecule has 0 radical (unpaired) electrons. The predicted molar refractivity (Wildman–Crippen MR) is 77.0 cm³/mol. The molecule has 0 aliphatic carbocycles. The van der Waals surface area contributed by atoms with Gasteiger partial charge in [-0.15, -0.1) is 16.7 Å². The van der Waals surface area contributed by atoms with Gasteiger partial charge in [-0.2, -0.15) is 4.68 Å². The van der Waals surface area contributed by atoms with Crippen LogP contribution in [-0.2, 0) is 4.79 Å². The summed E-state index contributed by atoms with van der Waals surface area (Å²) in [6.45, 7) is 5.40. The smallest absolute Gasteiger partial charge is 0.231 e. The highest BCUT2D eigenvalue weighted by atomic mass is 35.5. The number of hydrogen-bond donors (Lipinski definition) is 1. The van der Waals surface area contributed by atoms with Crippen molar-refractivity contribution >= 4 is 23.2 Å². The number of nitrogens with one attached hydrogen (secondary N) is 1. The van der Waals surface area contributed by atoms with E-state index in [1.165, 1.54) is 0 Å². The topological polar surface area (TPSA) is 72.7 Å². The minimum absolute atomic E-state index is 0.127. The number of amides is 1. The second-order valence-electron chi connectivity index (χ2n) is 5.16. The van der Waals surface area contributed by atoms with E-state index in [1.54, 1.807) is 18.5 Å². The van der Waals surface area contributed by atoms with E-state index in [9.17, 15) is 4.79 Å². The average molecular weight is 294 g/mol. The molecule has 0 aliphatic heterocycles. The number of nitrogens with zero attached hydrogens (tertiary/aromatic N) is 4. The van der Waals surface area contributed by atoms with Crippen molar-refractivity contribution in [1.82, 2.24) is 20.2 Å². The number of carbonyl (C=O) groups excluding carboxylic acids is 1.